The molecule has 0 radical (unpaired) electrons. The van der Waals surface area contributed by atoms with E-state index in [9.17, 15) is 14.3 Å². The van der Waals surface area contributed by atoms with E-state index in [1.165, 1.54) is 6.07 Å². The molecule has 1 fully saturated rings. The SMILES string of the molecule is COc1cccc(C(=O)N2CCOC(CO)(Cc3ccccc3F)C2)c1. The summed E-state index contributed by atoms with van der Waals surface area (Å²) in [6, 6.07) is 13.3. The fourth-order valence-electron chi connectivity index (χ4n) is 3.20. The first-order chi connectivity index (χ1) is 12.6. The summed E-state index contributed by atoms with van der Waals surface area (Å²) in [5, 5.41) is 9.94. The molecule has 0 bridgehead atoms. The molecule has 2 aromatic carbocycles. The van der Waals surface area contributed by atoms with Gasteiger partial charge < -0.3 is 19.5 Å². The van der Waals surface area contributed by atoms with Crippen molar-refractivity contribution >= 4 is 5.91 Å². The van der Waals surface area contributed by atoms with E-state index in [1.54, 1.807) is 54.5 Å². The highest BCUT2D eigenvalue weighted by Gasteiger charge is 2.39. The van der Waals surface area contributed by atoms with Gasteiger partial charge in [0.1, 0.15) is 17.2 Å². The first kappa shape index (κ1) is 18.4. The fourth-order valence-corrected chi connectivity index (χ4v) is 3.20. The van der Waals surface area contributed by atoms with Gasteiger partial charge in [-0.2, -0.15) is 0 Å². The second-order valence-electron chi connectivity index (χ2n) is 6.42. The van der Waals surface area contributed by atoms with Crippen LogP contribution in [0, 0.1) is 5.82 Å². The van der Waals surface area contributed by atoms with Gasteiger partial charge in [-0.25, -0.2) is 4.39 Å². The number of aliphatic hydroxyl groups is 1. The van der Waals surface area contributed by atoms with Crippen molar-refractivity contribution in [1.29, 1.82) is 0 Å². The Morgan fingerprint density at radius 1 is 1.31 bits per heavy atom. The highest BCUT2D eigenvalue weighted by atomic mass is 19.1. The number of amides is 1. The number of methoxy groups -OCH3 is 1. The Morgan fingerprint density at radius 2 is 2.12 bits per heavy atom. The highest BCUT2D eigenvalue weighted by Crippen LogP contribution is 2.26. The second-order valence-corrected chi connectivity index (χ2v) is 6.42. The lowest BCUT2D eigenvalue weighted by molar-refractivity contribution is -0.123. The molecular weight excluding hydrogens is 337 g/mol. The molecule has 0 spiro atoms. The molecule has 0 saturated carbocycles. The maximum Gasteiger partial charge on any atom is 0.254 e. The van der Waals surface area contributed by atoms with Crippen LogP contribution in [0.25, 0.3) is 0 Å². The number of benzene rings is 2. The van der Waals surface area contributed by atoms with Crippen LogP contribution in [0.5, 0.6) is 5.75 Å². The zero-order chi connectivity index (χ0) is 18.6. The van der Waals surface area contributed by atoms with Crippen LogP contribution < -0.4 is 4.74 Å². The quantitative estimate of drug-likeness (QED) is 0.890. The lowest BCUT2D eigenvalue weighted by Gasteiger charge is -2.42. The van der Waals surface area contributed by atoms with E-state index in [0.717, 1.165) is 0 Å². The van der Waals surface area contributed by atoms with Crippen molar-refractivity contribution in [3.63, 3.8) is 0 Å². The molecule has 26 heavy (non-hydrogen) atoms. The van der Waals surface area contributed by atoms with Crippen LogP contribution in [0.1, 0.15) is 15.9 Å². The minimum absolute atomic E-state index is 0.168. The molecule has 1 atom stereocenters. The lowest BCUT2D eigenvalue weighted by Crippen LogP contribution is -2.56. The predicted octanol–water partition coefficient (Wildman–Crippen LogP) is 2.28. The van der Waals surface area contributed by atoms with Crippen molar-refractivity contribution in [2.24, 2.45) is 0 Å². The minimum atomic E-state index is -1.02. The number of aliphatic hydroxyl groups excluding tert-OH is 1. The van der Waals surface area contributed by atoms with E-state index in [-0.39, 0.29) is 37.9 Å². The summed E-state index contributed by atoms with van der Waals surface area (Å²) in [5.74, 6) is 0.0858. The number of rotatable bonds is 5. The number of nitrogens with zero attached hydrogens (tertiary/aromatic N) is 1. The van der Waals surface area contributed by atoms with E-state index in [1.807, 2.05) is 0 Å². The Labute approximate surface area is 152 Å². The van der Waals surface area contributed by atoms with Crippen LogP contribution in [0.4, 0.5) is 4.39 Å². The van der Waals surface area contributed by atoms with Gasteiger partial charge in [-0.05, 0) is 29.8 Å². The van der Waals surface area contributed by atoms with Crippen LogP contribution in [-0.4, -0.2) is 54.9 Å². The van der Waals surface area contributed by atoms with Crippen LogP contribution in [0.2, 0.25) is 0 Å². The van der Waals surface area contributed by atoms with Crippen molar-refractivity contribution in [3.05, 3.63) is 65.5 Å². The Kier molecular flexibility index (Phi) is 5.54. The molecule has 138 valence electrons. The molecule has 1 aliphatic rings. The summed E-state index contributed by atoms with van der Waals surface area (Å²) in [6.07, 6.45) is 0.193. The van der Waals surface area contributed by atoms with Crippen LogP contribution in [0.15, 0.2) is 48.5 Å². The maximum atomic E-state index is 14.0. The van der Waals surface area contributed by atoms with Gasteiger partial charge in [-0.15, -0.1) is 0 Å². The van der Waals surface area contributed by atoms with Gasteiger partial charge in [0.05, 0.1) is 26.9 Å². The molecule has 1 saturated heterocycles. The largest absolute Gasteiger partial charge is 0.497 e. The van der Waals surface area contributed by atoms with E-state index >= 15 is 0 Å². The molecule has 1 unspecified atom stereocenters. The first-order valence-corrected chi connectivity index (χ1v) is 8.48. The van der Waals surface area contributed by atoms with Crippen molar-refractivity contribution in [1.82, 2.24) is 4.90 Å². The maximum absolute atomic E-state index is 14.0. The number of carbonyl (C=O) groups is 1. The third-order valence-corrected chi connectivity index (χ3v) is 4.61. The van der Waals surface area contributed by atoms with Crippen molar-refractivity contribution in [2.45, 2.75) is 12.0 Å². The summed E-state index contributed by atoms with van der Waals surface area (Å²) < 4.78 is 25.0. The topological polar surface area (TPSA) is 59.0 Å². The lowest BCUT2D eigenvalue weighted by atomic mass is 9.92. The highest BCUT2D eigenvalue weighted by molar-refractivity contribution is 5.94. The van der Waals surface area contributed by atoms with Crippen LogP contribution in [0.3, 0.4) is 0 Å². The number of halogens is 1. The van der Waals surface area contributed by atoms with Gasteiger partial charge in [0.2, 0.25) is 0 Å². The number of hydrogen-bond donors (Lipinski definition) is 1. The normalized spacial score (nSPS) is 20.0. The molecule has 1 aliphatic heterocycles. The molecule has 0 aromatic heterocycles. The molecule has 1 heterocycles. The molecule has 0 aliphatic carbocycles. The van der Waals surface area contributed by atoms with Gasteiger partial charge >= 0.3 is 0 Å². The van der Waals surface area contributed by atoms with Gasteiger partial charge in [0, 0.05) is 18.5 Å². The number of carbonyl (C=O) groups excluding carboxylic acids is 1. The molecule has 5 nitrogen and oxygen atoms in total. The summed E-state index contributed by atoms with van der Waals surface area (Å²) in [6.45, 7) is 0.580. The Hall–Kier alpha value is -2.44. The monoisotopic (exact) mass is 359 g/mol. The fraction of sp³-hybridized carbons (Fsp3) is 0.350. The average Bonchev–Trinajstić information content (AvgIpc) is 2.69. The van der Waals surface area contributed by atoms with Gasteiger partial charge in [0.25, 0.3) is 5.91 Å². The third-order valence-electron chi connectivity index (χ3n) is 4.61. The third kappa shape index (κ3) is 3.86. The van der Waals surface area contributed by atoms with E-state index in [2.05, 4.69) is 0 Å². The van der Waals surface area contributed by atoms with E-state index < -0.39 is 5.60 Å². The van der Waals surface area contributed by atoms with Crippen LogP contribution in [-0.2, 0) is 11.2 Å². The van der Waals surface area contributed by atoms with E-state index in [0.29, 0.717) is 23.4 Å². The Bertz CT molecular complexity index is 782. The van der Waals surface area contributed by atoms with Crippen molar-refractivity contribution in [2.75, 3.05) is 33.4 Å². The number of ether oxygens (including phenoxy) is 2. The first-order valence-electron chi connectivity index (χ1n) is 8.48. The summed E-state index contributed by atoms with van der Waals surface area (Å²) >= 11 is 0. The summed E-state index contributed by atoms with van der Waals surface area (Å²) in [7, 11) is 1.55. The standard InChI is InChI=1S/C20H22FNO4/c1-25-17-7-4-6-15(11-17)19(24)22-9-10-26-20(13-22,14-23)12-16-5-2-3-8-18(16)21/h2-8,11,23H,9-10,12-14H2,1H3. The van der Waals surface area contributed by atoms with Crippen molar-refractivity contribution in [3.8, 4) is 5.75 Å². The number of hydrogen-bond acceptors (Lipinski definition) is 4. The molecular formula is C20H22FNO4. The number of morpholine rings is 1. The zero-order valence-corrected chi connectivity index (χ0v) is 14.7. The zero-order valence-electron chi connectivity index (χ0n) is 14.7. The average molecular weight is 359 g/mol. The molecule has 3 rings (SSSR count). The van der Waals surface area contributed by atoms with Crippen LogP contribution >= 0.6 is 0 Å². The Balaban J connectivity index is 1.80. The van der Waals surface area contributed by atoms with Gasteiger partial charge in [-0.1, -0.05) is 24.3 Å². The molecule has 6 heteroatoms. The second kappa shape index (κ2) is 7.85. The summed E-state index contributed by atoms with van der Waals surface area (Å²) in [5.41, 5.74) is -0.0594. The van der Waals surface area contributed by atoms with Gasteiger partial charge in [0.15, 0.2) is 0 Å². The smallest absolute Gasteiger partial charge is 0.254 e. The molecule has 2 aromatic rings. The van der Waals surface area contributed by atoms with Gasteiger partial charge in [-0.3, -0.25) is 4.79 Å². The Morgan fingerprint density at radius 3 is 2.85 bits per heavy atom. The minimum Gasteiger partial charge on any atom is -0.497 e. The predicted molar refractivity (Wildman–Crippen MR) is 94.8 cm³/mol. The summed E-state index contributed by atoms with van der Waals surface area (Å²) in [4.78, 5) is 14.5. The molecule has 1 amide bonds. The van der Waals surface area contributed by atoms with Crippen molar-refractivity contribution < 1.29 is 23.8 Å². The van der Waals surface area contributed by atoms with E-state index in [4.69, 9.17) is 9.47 Å². The molecule has 1 N–H and O–H groups in total.